The number of hydrogen-bond donors (Lipinski definition) is 1. The Morgan fingerprint density at radius 3 is 2.36 bits per heavy atom. The highest BCUT2D eigenvalue weighted by Gasteiger charge is 2.43. The summed E-state index contributed by atoms with van der Waals surface area (Å²) in [6.45, 7) is 1.67. The lowest BCUT2D eigenvalue weighted by molar-refractivity contribution is -0.137. The topological polar surface area (TPSA) is 58.6 Å². The van der Waals surface area contributed by atoms with Crippen LogP contribution in [-0.4, -0.2) is 36.9 Å². The Kier molecular flexibility index (Phi) is 7.69. The number of carbonyl (C=O) groups is 2. The van der Waals surface area contributed by atoms with Gasteiger partial charge in [0.05, 0.1) is 12.5 Å². The van der Waals surface area contributed by atoms with E-state index >= 15 is 0 Å². The molecule has 0 spiro atoms. The van der Waals surface area contributed by atoms with Crippen molar-refractivity contribution in [1.82, 2.24) is 10.2 Å². The molecule has 0 aromatic heterocycles. The van der Waals surface area contributed by atoms with Crippen LogP contribution >= 0.6 is 0 Å². The number of ether oxygens (including phenoxy) is 1. The molecule has 33 heavy (non-hydrogen) atoms. The number of piperidine rings is 1. The normalized spacial score (nSPS) is 18.2. The fourth-order valence-electron chi connectivity index (χ4n) is 5.52. The van der Waals surface area contributed by atoms with Gasteiger partial charge in [-0.2, -0.15) is 0 Å². The van der Waals surface area contributed by atoms with Crippen LogP contribution in [0.2, 0.25) is 0 Å². The minimum atomic E-state index is -0.620. The highest BCUT2D eigenvalue weighted by molar-refractivity contribution is 5.89. The lowest BCUT2D eigenvalue weighted by atomic mass is 9.72. The van der Waals surface area contributed by atoms with Gasteiger partial charge in [-0.3, -0.25) is 9.59 Å². The molecule has 2 aromatic carbocycles. The molecular formula is C28H36N2O3. The van der Waals surface area contributed by atoms with Gasteiger partial charge in [-0.05, 0) is 36.8 Å². The Morgan fingerprint density at radius 1 is 1.00 bits per heavy atom. The summed E-state index contributed by atoms with van der Waals surface area (Å²) in [7, 11) is 1.64. The van der Waals surface area contributed by atoms with Crippen LogP contribution in [0.3, 0.4) is 0 Å². The number of methoxy groups -OCH3 is 1. The van der Waals surface area contributed by atoms with Crippen molar-refractivity contribution in [3.05, 3.63) is 65.7 Å². The summed E-state index contributed by atoms with van der Waals surface area (Å²) >= 11 is 0. The van der Waals surface area contributed by atoms with Gasteiger partial charge < -0.3 is 15.0 Å². The SMILES string of the molecule is COc1ccccc1CNC(=O)C1(c2ccccc2)CCN(C(=O)CCC2CCCC2)CC1. The zero-order chi connectivity index (χ0) is 23.1. The number of para-hydroxylation sites is 1. The third kappa shape index (κ3) is 5.40. The van der Waals surface area contributed by atoms with E-state index in [-0.39, 0.29) is 11.8 Å². The number of benzene rings is 2. The van der Waals surface area contributed by atoms with Crippen LogP contribution < -0.4 is 10.1 Å². The highest BCUT2D eigenvalue weighted by Crippen LogP contribution is 2.37. The number of rotatable bonds is 8. The van der Waals surface area contributed by atoms with Crippen molar-refractivity contribution < 1.29 is 14.3 Å². The first-order valence-corrected chi connectivity index (χ1v) is 12.4. The highest BCUT2D eigenvalue weighted by atomic mass is 16.5. The van der Waals surface area contributed by atoms with Gasteiger partial charge in [0.1, 0.15) is 5.75 Å². The Balaban J connectivity index is 1.42. The lowest BCUT2D eigenvalue weighted by Crippen LogP contribution is -2.52. The van der Waals surface area contributed by atoms with Gasteiger partial charge in [0.25, 0.3) is 0 Å². The van der Waals surface area contributed by atoms with E-state index in [0.717, 1.165) is 29.2 Å². The molecule has 2 amide bonds. The number of amides is 2. The van der Waals surface area contributed by atoms with Crippen LogP contribution in [0.5, 0.6) is 5.75 Å². The molecule has 0 atom stereocenters. The molecule has 1 saturated carbocycles. The molecular weight excluding hydrogens is 412 g/mol. The van der Waals surface area contributed by atoms with E-state index in [1.54, 1.807) is 7.11 Å². The molecule has 0 bridgehead atoms. The standard InChI is InChI=1S/C28H36N2O3/c1-33-25-14-8-7-11-23(25)21-29-27(32)28(24-12-3-2-4-13-24)17-19-30(20-18-28)26(31)16-15-22-9-5-6-10-22/h2-4,7-8,11-14,22H,5-6,9-10,15-21H2,1H3,(H,29,32). The number of likely N-dealkylation sites (tertiary alicyclic amines) is 1. The summed E-state index contributed by atoms with van der Waals surface area (Å²) in [6, 6.07) is 17.8. The maximum Gasteiger partial charge on any atom is 0.231 e. The van der Waals surface area contributed by atoms with Crippen LogP contribution in [0.4, 0.5) is 0 Å². The van der Waals surface area contributed by atoms with E-state index in [0.29, 0.717) is 38.9 Å². The van der Waals surface area contributed by atoms with Gasteiger partial charge >= 0.3 is 0 Å². The largest absolute Gasteiger partial charge is 0.496 e. The van der Waals surface area contributed by atoms with Crippen LogP contribution in [0.15, 0.2) is 54.6 Å². The van der Waals surface area contributed by atoms with Gasteiger partial charge in [0.15, 0.2) is 0 Å². The Hall–Kier alpha value is -2.82. The van der Waals surface area contributed by atoms with Crippen molar-refractivity contribution >= 4 is 11.8 Å². The Morgan fingerprint density at radius 2 is 1.67 bits per heavy atom. The minimum Gasteiger partial charge on any atom is -0.496 e. The van der Waals surface area contributed by atoms with Crippen molar-refractivity contribution in [1.29, 1.82) is 0 Å². The summed E-state index contributed by atoms with van der Waals surface area (Å²) in [5, 5.41) is 3.17. The summed E-state index contributed by atoms with van der Waals surface area (Å²) < 4.78 is 5.44. The number of nitrogens with one attached hydrogen (secondary N) is 1. The number of hydrogen-bond acceptors (Lipinski definition) is 3. The van der Waals surface area contributed by atoms with Crippen molar-refractivity contribution in [3.8, 4) is 5.75 Å². The first kappa shape index (κ1) is 23.3. The van der Waals surface area contributed by atoms with Crippen LogP contribution in [0.25, 0.3) is 0 Å². The molecule has 2 fully saturated rings. The van der Waals surface area contributed by atoms with Crippen molar-refractivity contribution in [2.45, 2.75) is 63.3 Å². The average Bonchev–Trinajstić information content (AvgIpc) is 3.40. The second-order valence-corrected chi connectivity index (χ2v) is 9.51. The number of nitrogens with zero attached hydrogens (tertiary/aromatic N) is 1. The third-order valence-electron chi connectivity index (χ3n) is 7.60. The summed E-state index contributed by atoms with van der Waals surface area (Å²) in [4.78, 5) is 28.5. The van der Waals surface area contributed by atoms with Gasteiger partial charge in [0.2, 0.25) is 11.8 Å². The molecule has 1 aliphatic heterocycles. The molecule has 0 radical (unpaired) electrons. The summed E-state index contributed by atoms with van der Waals surface area (Å²) in [5.74, 6) is 1.77. The monoisotopic (exact) mass is 448 g/mol. The van der Waals surface area contributed by atoms with E-state index in [1.807, 2.05) is 59.5 Å². The van der Waals surface area contributed by atoms with Gasteiger partial charge in [-0.25, -0.2) is 0 Å². The second kappa shape index (κ2) is 10.9. The zero-order valence-corrected chi connectivity index (χ0v) is 19.7. The first-order chi connectivity index (χ1) is 16.1. The molecule has 1 saturated heterocycles. The zero-order valence-electron chi connectivity index (χ0n) is 19.7. The van der Waals surface area contributed by atoms with Crippen LogP contribution in [0, 0.1) is 5.92 Å². The summed E-state index contributed by atoms with van der Waals surface area (Å²) in [6.07, 6.45) is 8.11. The van der Waals surface area contributed by atoms with Crippen molar-refractivity contribution in [2.75, 3.05) is 20.2 Å². The molecule has 1 heterocycles. The van der Waals surface area contributed by atoms with Gasteiger partial charge in [-0.15, -0.1) is 0 Å². The van der Waals surface area contributed by atoms with Gasteiger partial charge in [-0.1, -0.05) is 74.2 Å². The van der Waals surface area contributed by atoms with E-state index in [2.05, 4.69) is 5.32 Å². The predicted octanol–water partition coefficient (Wildman–Crippen LogP) is 4.84. The third-order valence-corrected chi connectivity index (χ3v) is 7.60. The minimum absolute atomic E-state index is 0.0256. The molecule has 176 valence electrons. The fraction of sp³-hybridized carbons (Fsp3) is 0.500. The lowest BCUT2D eigenvalue weighted by Gasteiger charge is -2.41. The second-order valence-electron chi connectivity index (χ2n) is 9.51. The Bertz CT molecular complexity index is 929. The van der Waals surface area contributed by atoms with E-state index in [4.69, 9.17) is 4.74 Å². The molecule has 1 N–H and O–H groups in total. The predicted molar refractivity (Wildman–Crippen MR) is 130 cm³/mol. The Labute approximate surface area is 197 Å². The summed E-state index contributed by atoms with van der Waals surface area (Å²) in [5.41, 5.74) is 1.36. The average molecular weight is 449 g/mol. The van der Waals surface area contributed by atoms with Crippen molar-refractivity contribution in [2.24, 2.45) is 5.92 Å². The molecule has 5 heteroatoms. The smallest absolute Gasteiger partial charge is 0.231 e. The molecule has 2 aromatic rings. The van der Waals surface area contributed by atoms with Gasteiger partial charge in [0, 0.05) is 31.6 Å². The maximum absolute atomic E-state index is 13.6. The van der Waals surface area contributed by atoms with Crippen LogP contribution in [0.1, 0.15) is 62.5 Å². The van der Waals surface area contributed by atoms with E-state index in [9.17, 15) is 9.59 Å². The van der Waals surface area contributed by atoms with Crippen LogP contribution in [-0.2, 0) is 21.5 Å². The van der Waals surface area contributed by atoms with E-state index < -0.39 is 5.41 Å². The molecule has 5 nitrogen and oxygen atoms in total. The van der Waals surface area contributed by atoms with Crippen molar-refractivity contribution in [3.63, 3.8) is 0 Å². The molecule has 1 aliphatic carbocycles. The molecule has 0 unspecified atom stereocenters. The maximum atomic E-state index is 13.6. The number of carbonyl (C=O) groups excluding carboxylic acids is 2. The molecule has 4 rings (SSSR count). The fourth-order valence-corrected chi connectivity index (χ4v) is 5.52. The van der Waals surface area contributed by atoms with E-state index in [1.165, 1.54) is 25.7 Å². The molecule has 2 aliphatic rings. The quantitative estimate of drug-likeness (QED) is 0.629. The first-order valence-electron chi connectivity index (χ1n) is 12.4.